The summed E-state index contributed by atoms with van der Waals surface area (Å²) in [5, 5.41) is 0. The van der Waals surface area contributed by atoms with Gasteiger partial charge in [-0.1, -0.05) is 6.92 Å². The Balaban J connectivity index is 3.21. The van der Waals surface area contributed by atoms with Crippen molar-refractivity contribution >= 4 is 37.9 Å². The van der Waals surface area contributed by atoms with E-state index >= 15 is 0 Å². The lowest BCUT2D eigenvalue weighted by atomic mass is 10.2. The molecule has 11 heavy (non-hydrogen) atoms. The van der Waals surface area contributed by atoms with Gasteiger partial charge in [0.25, 0.3) is 0 Å². The molecule has 0 atom stereocenters. The molecule has 0 aliphatic heterocycles. The molecule has 0 fully saturated rings. The van der Waals surface area contributed by atoms with Crippen molar-refractivity contribution in [2.75, 3.05) is 0 Å². The van der Waals surface area contributed by atoms with Crippen molar-refractivity contribution < 1.29 is 0 Å². The highest BCUT2D eigenvalue weighted by Gasteiger charge is 2.00. The fraction of sp³-hybridized carbons (Fsp3) is 0.250. The lowest BCUT2D eigenvalue weighted by molar-refractivity contribution is 1.04. The van der Waals surface area contributed by atoms with Crippen LogP contribution in [-0.4, -0.2) is 0 Å². The lowest BCUT2D eigenvalue weighted by Crippen LogP contribution is -1.83. The minimum Gasteiger partial charge on any atom is -0.142 e. The van der Waals surface area contributed by atoms with Crippen LogP contribution in [-0.2, 0) is 6.42 Å². The summed E-state index contributed by atoms with van der Waals surface area (Å²) in [5.41, 5.74) is 1.25. The average molecular weight is 202 g/mol. The first-order valence-corrected chi connectivity index (χ1v) is 4.73. The summed E-state index contributed by atoms with van der Waals surface area (Å²) in [6.45, 7) is 2.11. The molecular weight excluding hydrogens is 192 g/mol. The molecule has 0 aliphatic rings. The van der Waals surface area contributed by atoms with E-state index < -0.39 is 0 Å². The van der Waals surface area contributed by atoms with Gasteiger partial charge in [-0.25, -0.2) is 0 Å². The molecule has 60 valence electrons. The van der Waals surface area contributed by atoms with E-state index in [0.717, 1.165) is 21.1 Å². The Morgan fingerprint density at radius 3 is 1.91 bits per heavy atom. The molecule has 0 saturated heterocycles. The zero-order valence-electron chi connectivity index (χ0n) is 6.20. The molecule has 0 unspecified atom stereocenters. The third-order valence-electron chi connectivity index (χ3n) is 1.54. The first-order chi connectivity index (χ1) is 5.15. The molecule has 0 bridgehead atoms. The normalized spacial score (nSPS) is 10.2. The molecule has 3 heteroatoms. The van der Waals surface area contributed by atoms with Gasteiger partial charge in [-0.15, -0.1) is 37.9 Å². The Morgan fingerprint density at radius 2 is 1.55 bits per heavy atom. The second-order valence-electron chi connectivity index (χ2n) is 2.34. The second kappa shape index (κ2) is 3.78. The SMILES string of the molecule is CCc1cc(S)c(S)c(S)c1. The van der Waals surface area contributed by atoms with Crippen molar-refractivity contribution in [3.63, 3.8) is 0 Å². The molecule has 0 radical (unpaired) electrons. The molecule has 0 spiro atoms. The number of aryl methyl sites for hydroxylation is 1. The van der Waals surface area contributed by atoms with Crippen molar-refractivity contribution in [3.8, 4) is 0 Å². The molecule has 0 nitrogen and oxygen atoms in total. The minimum atomic E-state index is 0.855. The van der Waals surface area contributed by atoms with Crippen LogP contribution in [0.15, 0.2) is 26.8 Å². The predicted molar refractivity (Wildman–Crippen MR) is 57.6 cm³/mol. The van der Waals surface area contributed by atoms with E-state index in [4.69, 9.17) is 0 Å². The predicted octanol–water partition coefficient (Wildman–Crippen LogP) is 3.12. The molecule has 1 rings (SSSR count). The zero-order valence-corrected chi connectivity index (χ0v) is 8.89. The highest BCUT2D eigenvalue weighted by atomic mass is 32.1. The van der Waals surface area contributed by atoms with Crippen LogP contribution in [0.25, 0.3) is 0 Å². The van der Waals surface area contributed by atoms with Gasteiger partial charge in [0, 0.05) is 14.7 Å². The molecule has 0 aromatic heterocycles. The summed E-state index contributed by atoms with van der Waals surface area (Å²) >= 11 is 12.8. The van der Waals surface area contributed by atoms with Gasteiger partial charge < -0.3 is 0 Å². The largest absolute Gasteiger partial charge is 0.142 e. The fourth-order valence-corrected chi connectivity index (χ4v) is 1.65. The summed E-state index contributed by atoms with van der Waals surface area (Å²) in [7, 11) is 0. The van der Waals surface area contributed by atoms with Crippen LogP contribution in [0.4, 0.5) is 0 Å². The second-order valence-corrected chi connectivity index (χ2v) is 3.75. The van der Waals surface area contributed by atoms with Gasteiger partial charge in [-0.05, 0) is 24.1 Å². The van der Waals surface area contributed by atoms with E-state index in [1.165, 1.54) is 5.56 Å². The van der Waals surface area contributed by atoms with Gasteiger partial charge in [-0.3, -0.25) is 0 Å². The summed E-state index contributed by atoms with van der Waals surface area (Å²) < 4.78 is 0. The Kier molecular flexibility index (Phi) is 3.22. The van der Waals surface area contributed by atoms with E-state index in [0.29, 0.717) is 0 Å². The van der Waals surface area contributed by atoms with Crippen molar-refractivity contribution in [3.05, 3.63) is 17.7 Å². The van der Waals surface area contributed by atoms with E-state index in [9.17, 15) is 0 Å². The van der Waals surface area contributed by atoms with E-state index in [1.54, 1.807) is 0 Å². The summed E-state index contributed by atoms with van der Waals surface area (Å²) in [5.74, 6) is 0. The van der Waals surface area contributed by atoms with Gasteiger partial charge in [0.1, 0.15) is 0 Å². The van der Waals surface area contributed by atoms with E-state index in [1.807, 2.05) is 12.1 Å². The van der Waals surface area contributed by atoms with Crippen molar-refractivity contribution in [2.45, 2.75) is 28.0 Å². The van der Waals surface area contributed by atoms with E-state index in [2.05, 4.69) is 44.8 Å². The third kappa shape index (κ3) is 2.10. The summed E-state index contributed by atoms with van der Waals surface area (Å²) in [6.07, 6.45) is 1.01. The number of benzene rings is 1. The van der Waals surface area contributed by atoms with Crippen LogP contribution in [0.1, 0.15) is 12.5 Å². The fourth-order valence-electron chi connectivity index (χ4n) is 0.865. The van der Waals surface area contributed by atoms with Gasteiger partial charge >= 0.3 is 0 Å². The molecule has 1 aromatic carbocycles. The van der Waals surface area contributed by atoms with Gasteiger partial charge in [0.15, 0.2) is 0 Å². The number of hydrogen-bond acceptors (Lipinski definition) is 3. The highest BCUT2D eigenvalue weighted by Crippen LogP contribution is 2.27. The number of rotatable bonds is 1. The molecule has 0 saturated carbocycles. The average Bonchev–Trinajstić information content (AvgIpc) is 1.99. The Bertz CT molecular complexity index is 245. The van der Waals surface area contributed by atoms with Crippen LogP contribution < -0.4 is 0 Å². The van der Waals surface area contributed by atoms with Gasteiger partial charge in [0.05, 0.1) is 0 Å². The van der Waals surface area contributed by atoms with Crippen LogP contribution in [0.3, 0.4) is 0 Å². The number of thiol groups is 3. The monoisotopic (exact) mass is 202 g/mol. The van der Waals surface area contributed by atoms with Gasteiger partial charge in [-0.2, -0.15) is 0 Å². The third-order valence-corrected chi connectivity index (χ3v) is 3.08. The Morgan fingerprint density at radius 1 is 1.09 bits per heavy atom. The van der Waals surface area contributed by atoms with Crippen molar-refractivity contribution in [2.24, 2.45) is 0 Å². The number of hydrogen-bond donors (Lipinski definition) is 3. The van der Waals surface area contributed by atoms with Gasteiger partial charge in [0.2, 0.25) is 0 Å². The maximum atomic E-state index is 4.27. The highest BCUT2D eigenvalue weighted by molar-refractivity contribution is 7.85. The molecule has 0 N–H and O–H groups in total. The van der Waals surface area contributed by atoms with Crippen LogP contribution in [0.5, 0.6) is 0 Å². The zero-order chi connectivity index (χ0) is 8.43. The van der Waals surface area contributed by atoms with Crippen LogP contribution in [0, 0.1) is 0 Å². The molecule has 0 aliphatic carbocycles. The minimum absolute atomic E-state index is 0.855. The molecule has 0 amide bonds. The molecular formula is C8H10S3. The Hall–Kier alpha value is 0.270. The molecule has 0 heterocycles. The molecule has 1 aromatic rings. The summed E-state index contributed by atoms with van der Waals surface area (Å²) in [4.78, 5) is 2.66. The van der Waals surface area contributed by atoms with Crippen LogP contribution >= 0.6 is 37.9 Å². The first kappa shape index (κ1) is 9.36. The maximum absolute atomic E-state index is 4.27. The Labute approximate surface area is 83.6 Å². The summed E-state index contributed by atoms with van der Waals surface area (Å²) in [6, 6.07) is 4.04. The van der Waals surface area contributed by atoms with Crippen LogP contribution in [0.2, 0.25) is 0 Å². The standard InChI is InChI=1S/C8H10S3/c1-2-5-3-6(9)8(11)7(10)4-5/h3-4,9-11H,2H2,1H3. The topological polar surface area (TPSA) is 0 Å². The lowest BCUT2D eigenvalue weighted by Gasteiger charge is -2.04. The van der Waals surface area contributed by atoms with E-state index in [-0.39, 0.29) is 0 Å². The smallest absolute Gasteiger partial charge is 0.0308 e. The maximum Gasteiger partial charge on any atom is 0.0308 e. The quantitative estimate of drug-likeness (QED) is 0.573. The first-order valence-electron chi connectivity index (χ1n) is 3.39. The van der Waals surface area contributed by atoms with Crippen molar-refractivity contribution in [1.29, 1.82) is 0 Å². The van der Waals surface area contributed by atoms with Crippen molar-refractivity contribution in [1.82, 2.24) is 0 Å².